The topological polar surface area (TPSA) is 58.6 Å². The molecule has 2 rings (SSSR count). The molecule has 0 aromatic rings. The Hall–Kier alpha value is -1.10. The van der Waals surface area contributed by atoms with Crippen LogP contribution in [0.2, 0.25) is 0 Å². The number of ether oxygens (including phenoxy) is 1. The average molecular weight is 310 g/mol. The second-order valence-electron chi connectivity index (χ2n) is 6.44. The molecule has 5 nitrogen and oxygen atoms in total. The zero-order valence-electron chi connectivity index (χ0n) is 14.0. The van der Waals surface area contributed by atoms with Crippen LogP contribution in [-0.2, 0) is 14.3 Å². The van der Waals surface area contributed by atoms with E-state index in [-0.39, 0.29) is 29.8 Å². The second-order valence-corrected chi connectivity index (χ2v) is 6.44. The molecule has 0 bridgehead atoms. The molecular weight excluding hydrogens is 280 g/mol. The fourth-order valence-corrected chi connectivity index (χ4v) is 3.56. The van der Waals surface area contributed by atoms with Crippen LogP contribution in [0.5, 0.6) is 0 Å². The van der Waals surface area contributed by atoms with Crippen LogP contribution in [-0.4, -0.2) is 49.1 Å². The Morgan fingerprint density at radius 1 is 1.05 bits per heavy atom. The van der Waals surface area contributed by atoms with Crippen molar-refractivity contribution in [1.82, 2.24) is 10.2 Å². The lowest BCUT2D eigenvalue weighted by Gasteiger charge is -2.31. The van der Waals surface area contributed by atoms with E-state index in [1.54, 1.807) is 0 Å². The minimum absolute atomic E-state index is 0.0714. The quantitative estimate of drug-likeness (QED) is 0.816. The van der Waals surface area contributed by atoms with Crippen molar-refractivity contribution in [3.05, 3.63) is 0 Å². The molecular formula is C17H30N2O3. The van der Waals surface area contributed by atoms with Crippen LogP contribution in [0.15, 0.2) is 0 Å². The summed E-state index contributed by atoms with van der Waals surface area (Å²) in [5.41, 5.74) is 0. The van der Waals surface area contributed by atoms with Gasteiger partial charge in [-0.25, -0.2) is 0 Å². The van der Waals surface area contributed by atoms with Gasteiger partial charge in [-0.2, -0.15) is 0 Å². The molecule has 2 aliphatic rings. The fraction of sp³-hybridized carbons (Fsp3) is 0.882. The van der Waals surface area contributed by atoms with Crippen LogP contribution in [0.25, 0.3) is 0 Å². The maximum atomic E-state index is 12.3. The summed E-state index contributed by atoms with van der Waals surface area (Å²) in [5.74, 6) is 0.594. The minimum Gasteiger partial charge on any atom is -0.376 e. The van der Waals surface area contributed by atoms with Gasteiger partial charge in [0.1, 0.15) is 0 Å². The van der Waals surface area contributed by atoms with Crippen molar-refractivity contribution in [2.75, 3.05) is 26.2 Å². The van der Waals surface area contributed by atoms with Crippen LogP contribution < -0.4 is 5.32 Å². The Morgan fingerprint density at radius 3 is 2.23 bits per heavy atom. The molecule has 2 amide bonds. The first kappa shape index (κ1) is 17.3. The van der Waals surface area contributed by atoms with E-state index >= 15 is 0 Å². The monoisotopic (exact) mass is 310 g/mol. The van der Waals surface area contributed by atoms with Gasteiger partial charge in [0.05, 0.1) is 6.10 Å². The summed E-state index contributed by atoms with van der Waals surface area (Å²) in [5, 5.41) is 3.02. The predicted octanol–water partition coefficient (Wildman–Crippen LogP) is 1.96. The minimum atomic E-state index is 0.0714. The van der Waals surface area contributed by atoms with Crippen LogP contribution >= 0.6 is 0 Å². The maximum Gasteiger partial charge on any atom is 0.225 e. The molecule has 1 saturated heterocycles. The van der Waals surface area contributed by atoms with E-state index in [4.69, 9.17) is 4.74 Å². The first-order valence-electron chi connectivity index (χ1n) is 8.83. The van der Waals surface area contributed by atoms with E-state index in [0.29, 0.717) is 6.54 Å². The number of carbonyl (C=O) groups is 2. The summed E-state index contributed by atoms with van der Waals surface area (Å²) < 4.78 is 5.53. The number of amides is 2. The molecule has 1 saturated carbocycles. The number of nitrogens with zero attached hydrogens (tertiary/aromatic N) is 1. The van der Waals surface area contributed by atoms with Crippen LogP contribution in [0.4, 0.5) is 0 Å². The van der Waals surface area contributed by atoms with E-state index in [9.17, 15) is 9.59 Å². The van der Waals surface area contributed by atoms with Gasteiger partial charge in [-0.05, 0) is 52.4 Å². The maximum absolute atomic E-state index is 12.3. The highest BCUT2D eigenvalue weighted by Gasteiger charge is 2.31. The van der Waals surface area contributed by atoms with E-state index in [1.165, 1.54) is 0 Å². The number of rotatable bonds is 6. The molecule has 126 valence electrons. The molecule has 0 aromatic heterocycles. The van der Waals surface area contributed by atoms with Crippen molar-refractivity contribution in [3.8, 4) is 0 Å². The first-order valence-corrected chi connectivity index (χ1v) is 8.83. The van der Waals surface area contributed by atoms with E-state index in [0.717, 1.165) is 58.2 Å². The summed E-state index contributed by atoms with van der Waals surface area (Å²) in [4.78, 5) is 26.5. The fourth-order valence-electron chi connectivity index (χ4n) is 3.56. The number of hydrogen-bond donors (Lipinski definition) is 1. The highest BCUT2D eigenvalue weighted by Crippen LogP contribution is 2.30. The predicted molar refractivity (Wildman–Crippen MR) is 85.4 cm³/mol. The number of carbonyl (C=O) groups excluding carboxylic acids is 2. The van der Waals surface area contributed by atoms with Gasteiger partial charge in [0, 0.05) is 38.1 Å². The lowest BCUT2D eigenvalue weighted by molar-refractivity contribution is -0.138. The number of hydrogen-bond acceptors (Lipinski definition) is 3. The summed E-state index contributed by atoms with van der Waals surface area (Å²) >= 11 is 0. The van der Waals surface area contributed by atoms with Gasteiger partial charge < -0.3 is 15.0 Å². The van der Waals surface area contributed by atoms with Gasteiger partial charge in [0.25, 0.3) is 0 Å². The second kappa shape index (κ2) is 8.51. The highest BCUT2D eigenvalue weighted by molar-refractivity contribution is 5.81. The zero-order valence-corrected chi connectivity index (χ0v) is 14.0. The molecule has 5 heteroatoms. The molecule has 22 heavy (non-hydrogen) atoms. The molecule has 1 aliphatic heterocycles. The molecule has 2 fully saturated rings. The third-order valence-corrected chi connectivity index (χ3v) is 5.05. The van der Waals surface area contributed by atoms with Gasteiger partial charge in [0.2, 0.25) is 11.8 Å². The van der Waals surface area contributed by atoms with Crippen molar-refractivity contribution in [1.29, 1.82) is 0 Å². The third-order valence-electron chi connectivity index (χ3n) is 5.05. The third kappa shape index (κ3) is 4.45. The normalized spacial score (nSPS) is 28.4. The van der Waals surface area contributed by atoms with Crippen molar-refractivity contribution >= 4 is 11.8 Å². The molecule has 1 atom stereocenters. The smallest absolute Gasteiger partial charge is 0.225 e. The van der Waals surface area contributed by atoms with Crippen molar-refractivity contribution in [2.24, 2.45) is 11.8 Å². The molecule has 0 spiro atoms. The molecule has 0 aromatic carbocycles. The summed E-state index contributed by atoms with van der Waals surface area (Å²) in [7, 11) is 0. The Balaban J connectivity index is 1.71. The Kier molecular flexibility index (Phi) is 6.68. The molecule has 1 unspecified atom stereocenters. The summed E-state index contributed by atoms with van der Waals surface area (Å²) in [6.07, 6.45) is 5.68. The average Bonchev–Trinajstić information content (AvgIpc) is 3.07. The Morgan fingerprint density at radius 2 is 1.68 bits per heavy atom. The van der Waals surface area contributed by atoms with Gasteiger partial charge in [-0.15, -0.1) is 0 Å². The van der Waals surface area contributed by atoms with E-state index < -0.39 is 0 Å². The van der Waals surface area contributed by atoms with Gasteiger partial charge in [0.15, 0.2) is 0 Å². The first-order chi connectivity index (χ1) is 10.7. The highest BCUT2D eigenvalue weighted by atomic mass is 16.5. The summed E-state index contributed by atoms with van der Waals surface area (Å²) in [6.45, 7) is 7.04. The van der Waals surface area contributed by atoms with Crippen LogP contribution in [0.1, 0.15) is 52.4 Å². The lowest BCUT2D eigenvalue weighted by Crippen LogP contribution is -2.41. The largest absolute Gasteiger partial charge is 0.376 e. The lowest BCUT2D eigenvalue weighted by atomic mass is 9.81. The number of nitrogens with one attached hydrogen (secondary N) is 1. The SMILES string of the molecule is CCN(CC)C(=O)C1CCC(C(=O)NCC2CCCO2)CC1. The van der Waals surface area contributed by atoms with Gasteiger partial charge in [-0.3, -0.25) is 9.59 Å². The van der Waals surface area contributed by atoms with E-state index in [2.05, 4.69) is 5.32 Å². The zero-order chi connectivity index (χ0) is 15.9. The van der Waals surface area contributed by atoms with Crippen molar-refractivity contribution in [2.45, 2.75) is 58.5 Å². The standard InChI is InChI=1S/C17H30N2O3/c1-3-19(4-2)17(21)14-9-7-13(8-10-14)16(20)18-12-15-6-5-11-22-15/h13-15H,3-12H2,1-2H3,(H,18,20). The molecule has 0 radical (unpaired) electrons. The van der Waals surface area contributed by atoms with Crippen LogP contribution in [0, 0.1) is 11.8 Å². The van der Waals surface area contributed by atoms with Crippen molar-refractivity contribution < 1.29 is 14.3 Å². The van der Waals surface area contributed by atoms with Crippen molar-refractivity contribution in [3.63, 3.8) is 0 Å². The Bertz CT molecular complexity index is 368. The van der Waals surface area contributed by atoms with Gasteiger partial charge >= 0.3 is 0 Å². The van der Waals surface area contributed by atoms with Crippen LogP contribution in [0.3, 0.4) is 0 Å². The molecule has 1 N–H and O–H groups in total. The molecule has 1 aliphatic carbocycles. The Labute approximate surface area is 133 Å². The van der Waals surface area contributed by atoms with E-state index in [1.807, 2.05) is 18.7 Å². The molecule has 1 heterocycles. The summed E-state index contributed by atoms with van der Waals surface area (Å²) in [6, 6.07) is 0. The van der Waals surface area contributed by atoms with Gasteiger partial charge in [-0.1, -0.05) is 0 Å².